The highest BCUT2D eigenvalue weighted by atomic mass is 16.5. The van der Waals surface area contributed by atoms with Crippen LogP contribution in [0.15, 0.2) is 18.2 Å². The van der Waals surface area contributed by atoms with Crippen molar-refractivity contribution in [2.75, 3.05) is 24.6 Å². The first kappa shape index (κ1) is 13.4. The summed E-state index contributed by atoms with van der Waals surface area (Å²) >= 11 is 0. The minimum atomic E-state index is -0.843. The minimum absolute atomic E-state index is 0.393. The van der Waals surface area contributed by atoms with E-state index in [4.69, 9.17) is 9.84 Å². The highest BCUT2D eigenvalue weighted by molar-refractivity contribution is 5.88. The van der Waals surface area contributed by atoms with Gasteiger partial charge in [0.1, 0.15) is 0 Å². The van der Waals surface area contributed by atoms with E-state index < -0.39 is 5.97 Å². The van der Waals surface area contributed by atoms with Crippen LogP contribution in [0.2, 0.25) is 0 Å². The first-order chi connectivity index (χ1) is 9.74. The molecule has 1 aromatic carbocycles. The Morgan fingerprint density at radius 1 is 1.45 bits per heavy atom. The van der Waals surface area contributed by atoms with Gasteiger partial charge in [0.05, 0.1) is 11.7 Å². The zero-order valence-electron chi connectivity index (χ0n) is 11.7. The van der Waals surface area contributed by atoms with Crippen LogP contribution in [0.5, 0.6) is 0 Å². The second-order valence-electron chi connectivity index (χ2n) is 5.66. The van der Waals surface area contributed by atoms with Gasteiger partial charge in [-0.2, -0.15) is 0 Å². The third kappa shape index (κ3) is 2.80. The minimum Gasteiger partial charge on any atom is -0.478 e. The largest absolute Gasteiger partial charge is 0.478 e. The number of carboxylic acids is 1. The molecule has 0 aliphatic carbocycles. The van der Waals surface area contributed by atoms with Crippen molar-refractivity contribution in [1.82, 2.24) is 0 Å². The van der Waals surface area contributed by atoms with Crippen molar-refractivity contribution in [1.29, 1.82) is 0 Å². The smallest absolute Gasteiger partial charge is 0.335 e. The summed E-state index contributed by atoms with van der Waals surface area (Å²) in [5, 5.41) is 9.02. The highest BCUT2D eigenvalue weighted by Crippen LogP contribution is 2.29. The molecular formula is C16H21NO3. The van der Waals surface area contributed by atoms with Crippen LogP contribution in [0.1, 0.15) is 41.6 Å². The maximum Gasteiger partial charge on any atom is 0.335 e. The summed E-state index contributed by atoms with van der Waals surface area (Å²) in [5.41, 5.74) is 2.77. The molecule has 0 saturated carbocycles. The van der Waals surface area contributed by atoms with E-state index in [0.717, 1.165) is 39.0 Å². The van der Waals surface area contributed by atoms with Crippen molar-refractivity contribution in [3.8, 4) is 0 Å². The van der Waals surface area contributed by atoms with Crippen molar-refractivity contribution in [3.63, 3.8) is 0 Å². The summed E-state index contributed by atoms with van der Waals surface area (Å²) in [6.45, 7) is 2.97. The maximum atomic E-state index is 11.0. The lowest BCUT2D eigenvalue weighted by molar-refractivity contribution is 0.0697. The number of carboxylic acid groups (broad SMARTS) is 1. The molecule has 4 nitrogen and oxygen atoms in total. The lowest BCUT2D eigenvalue weighted by Gasteiger charge is -2.20. The van der Waals surface area contributed by atoms with Gasteiger partial charge in [-0.1, -0.05) is 0 Å². The fourth-order valence-corrected chi connectivity index (χ4v) is 3.22. The average Bonchev–Trinajstić information content (AvgIpc) is 3.08. The van der Waals surface area contributed by atoms with Crippen LogP contribution in [0.25, 0.3) is 0 Å². The van der Waals surface area contributed by atoms with Gasteiger partial charge >= 0.3 is 5.97 Å². The molecule has 0 aromatic heterocycles. The number of hydrogen-bond acceptors (Lipinski definition) is 3. The zero-order valence-corrected chi connectivity index (χ0v) is 11.7. The Labute approximate surface area is 119 Å². The molecule has 0 radical (unpaired) electrons. The van der Waals surface area contributed by atoms with Crippen molar-refractivity contribution < 1.29 is 14.6 Å². The molecule has 0 bridgehead atoms. The van der Waals surface area contributed by atoms with E-state index in [2.05, 4.69) is 4.90 Å². The molecule has 1 N–H and O–H groups in total. The summed E-state index contributed by atoms with van der Waals surface area (Å²) < 4.78 is 5.65. The Morgan fingerprint density at radius 2 is 2.35 bits per heavy atom. The lowest BCUT2D eigenvalue weighted by Crippen LogP contribution is -2.22. The summed E-state index contributed by atoms with van der Waals surface area (Å²) in [7, 11) is 0. The van der Waals surface area contributed by atoms with Gasteiger partial charge in [-0.15, -0.1) is 0 Å². The summed E-state index contributed by atoms with van der Waals surface area (Å²) in [6.07, 6.45) is 6.11. The van der Waals surface area contributed by atoms with Crippen LogP contribution < -0.4 is 4.90 Å². The molecule has 1 aromatic rings. The average molecular weight is 275 g/mol. The van der Waals surface area contributed by atoms with Crippen LogP contribution >= 0.6 is 0 Å². The first-order valence-electron chi connectivity index (χ1n) is 7.47. The molecule has 1 fully saturated rings. The number of benzene rings is 1. The third-order valence-electron chi connectivity index (χ3n) is 4.30. The molecule has 0 spiro atoms. The molecule has 1 saturated heterocycles. The molecule has 108 valence electrons. The second-order valence-corrected chi connectivity index (χ2v) is 5.66. The number of nitrogens with zero attached hydrogens (tertiary/aromatic N) is 1. The van der Waals surface area contributed by atoms with Gasteiger partial charge in [0.25, 0.3) is 0 Å². The Balaban J connectivity index is 1.57. The van der Waals surface area contributed by atoms with Crippen LogP contribution in [-0.2, 0) is 11.2 Å². The van der Waals surface area contributed by atoms with Crippen LogP contribution in [0.3, 0.4) is 0 Å². The number of anilines is 1. The second kappa shape index (κ2) is 5.83. The zero-order chi connectivity index (χ0) is 13.9. The number of rotatable bonds is 5. The fraction of sp³-hybridized carbons (Fsp3) is 0.562. The van der Waals surface area contributed by atoms with Crippen LogP contribution in [0, 0.1) is 0 Å². The molecule has 1 unspecified atom stereocenters. The molecule has 2 heterocycles. The van der Waals surface area contributed by atoms with Gasteiger partial charge < -0.3 is 14.7 Å². The molecule has 2 aliphatic heterocycles. The summed E-state index contributed by atoms with van der Waals surface area (Å²) in [6, 6.07) is 5.48. The van der Waals surface area contributed by atoms with E-state index in [1.807, 2.05) is 12.1 Å². The Bertz CT molecular complexity index is 494. The Morgan fingerprint density at radius 3 is 3.10 bits per heavy atom. The van der Waals surface area contributed by atoms with E-state index in [1.165, 1.54) is 24.1 Å². The van der Waals surface area contributed by atoms with Gasteiger partial charge in [-0.25, -0.2) is 4.79 Å². The van der Waals surface area contributed by atoms with Gasteiger partial charge in [0.2, 0.25) is 0 Å². The number of aromatic carboxylic acids is 1. The third-order valence-corrected chi connectivity index (χ3v) is 4.30. The molecule has 4 heteroatoms. The normalized spacial score (nSPS) is 21.2. The monoisotopic (exact) mass is 275 g/mol. The summed E-state index contributed by atoms with van der Waals surface area (Å²) in [4.78, 5) is 13.3. The van der Waals surface area contributed by atoms with Gasteiger partial charge in [-0.3, -0.25) is 0 Å². The van der Waals surface area contributed by atoms with Crippen molar-refractivity contribution >= 4 is 11.7 Å². The maximum absolute atomic E-state index is 11.0. The lowest BCUT2D eigenvalue weighted by atomic mass is 10.1. The Hall–Kier alpha value is -1.55. The quantitative estimate of drug-likeness (QED) is 0.897. The number of carbonyl (C=O) groups is 1. The van der Waals surface area contributed by atoms with Gasteiger partial charge in [0.15, 0.2) is 0 Å². The van der Waals surface area contributed by atoms with Crippen molar-refractivity contribution in [3.05, 3.63) is 29.3 Å². The van der Waals surface area contributed by atoms with Crippen LogP contribution in [0.4, 0.5) is 5.69 Å². The molecule has 3 rings (SSSR count). The standard InChI is InChI=1S/C16H21NO3/c18-16(19)13-5-6-15-12(11-13)7-9-17(15)8-1-3-14-4-2-10-20-14/h5-6,11,14H,1-4,7-10H2,(H,18,19). The van der Waals surface area contributed by atoms with Gasteiger partial charge in [-0.05, 0) is 55.9 Å². The fourth-order valence-electron chi connectivity index (χ4n) is 3.22. The van der Waals surface area contributed by atoms with E-state index in [9.17, 15) is 4.79 Å². The molecule has 20 heavy (non-hydrogen) atoms. The number of fused-ring (bicyclic) bond motifs is 1. The SMILES string of the molecule is O=C(O)c1ccc2c(c1)CCN2CCCC1CCCO1. The number of ether oxygens (including phenoxy) is 1. The van der Waals surface area contributed by atoms with E-state index in [-0.39, 0.29) is 0 Å². The topological polar surface area (TPSA) is 49.8 Å². The van der Waals surface area contributed by atoms with E-state index in [1.54, 1.807) is 6.07 Å². The number of hydrogen-bond donors (Lipinski definition) is 1. The molecular weight excluding hydrogens is 254 g/mol. The van der Waals surface area contributed by atoms with E-state index >= 15 is 0 Å². The van der Waals surface area contributed by atoms with Crippen molar-refractivity contribution in [2.24, 2.45) is 0 Å². The Kier molecular flexibility index (Phi) is 3.92. The predicted octanol–water partition coefficient (Wildman–Crippen LogP) is 2.71. The van der Waals surface area contributed by atoms with Gasteiger partial charge in [0, 0.05) is 25.4 Å². The molecule has 0 amide bonds. The molecule has 2 aliphatic rings. The van der Waals surface area contributed by atoms with Crippen LogP contribution in [-0.4, -0.2) is 36.9 Å². The first-order valence-corrected chi connectivity index (χ1v) is 7.47. The highest BCUT2D eigenvalue weighted by Gasteiger charge is 2.21. The van der Waals surface area contributed by atoms with Crippen molar-refractivity contribution in [2.45, 2.75) is 38.2 Å². The molecule has 1 atom stereocenters. The van der Waals surface area contributed by atoms with E-state index in [0.29, 0.717) is 11.7 Å². The predicted molar refractivity (Wildman–Crippen MR) is 77.5 cm³/mol. The summed E-state index contributed by atoms with van der Waals surface area (Å²) in [5.74, 6) is -0.843.